The zero-order valence-corrected chi connectivity index (χ0v) is 13.6. The molecular formula is C15H12F3N3O3S. The Morgan fingerprint density at radius 2 is 2.00 bits per heavy atom. The molecule has 1 aromatic heterocycles. The minimum absolute atomic E-state index is 0.0338. The molecule has 0 radical (unpaired) electrons. The van der Waals surface area contributed by atoms with E-state index in [0.29, 0.717) is 17.4 Å². The maximum Gasteiger partial charge on any atom is 0.404 e. The van der Waals surface area contributed by atoms with E-state index in [9.17, 15) is 22.8 Å². The van der Waals surface area contributed by atoms with Crippen molar-refractivity contribution < 1.29 is 27.9 Å². The summed E-state index contributed by atoms with van der Waals surface area (Å²) in [5.41, 5.74) is 0.439. The number of anilines is 1. The van der Waals surface area contributed by atoms with Gasteiger partial charge in [-0.25, -0.2) is 9.48 Å². The van der Waals surface area contributed by atoms with Crippen molar-refractivity contribution in [1.82, 2.24) is 9.78 Å². The normalized spacial score (nSPS) is 17.6. The summed E-state index contributed by atoms with van der Waals surface area (Å²) in [5, 5.41) is 13.7. The number of amides is 1. The lowest BCUT2D eigenvalue weighted by Gasteiger charge is -2.18. The van der Waals surface area contributed by atoms with Crippen LogP contribution >= 0.6 is 11.8 Å². The molecule has 1 aliphatic heterocycles. The molecule has 1 amide bonds. The molecule has 0 fully saturated rings. The fraction of sp³-hybridized carbons (Fsp3) is 0.267. The van der Waals surface area contributed by atoms with Crippen LogP contribution in [0.4, 0.5) is 19.0 Å². The Morgan fingerprint density at radius 3 is 2.56 bits per heavy atom. The molecule has 0 unspecified atom stereocenters. The highest BCUT2D eigenvalue weighted by atomic mass is 32.2. The van der Waals surface area contributed by atoms with Crippen molar-refractivity contribution in [2.45, 2.75) is 18.3 Å². The van der Waals surface area contributed by atoms with E-state index in [0.717, 1.165) is 0 Å². The minimum Gasteiger partial charge on any atom is -0.478 e. The van der Waals surface area contributed by atoms with E-state index in [2.05, 4.69) is 10.4 Å². The van der Waals surface area contributed by atoms with Gasteiger partial charge in [0, 0.05) is 5.56 Å². The van der Waals surface area contributed by atoms with Crippen LogP contribution in [-0.4, -0.2) is 38.7 Å². The molecule has 3 rings (SSSR count). The smallest absolute Gasteiger partial charge is 0.404 e. The van der Waals surface area contributed by atoms with Gasteiger partial charge in [-0.2, -0.15) is 18.3 Å². The third-order valence-electron chi connectivity index (χ3n) is 3.66. The van der Waals surface area contributed by atoms with Gasteiger partial charge < -0.3 is 10.4 Å². The number of nitrogens with zero attached hydrogens (tertiary/aromatic N) is 2. The van der Waals surface area contributed by atoms with Crippen LogP contribution in [-0.2, 0) is 4.79 Å². The zero-order chi connectivity index (χ0) is 18.4. The number of hydrogen-bond donors (Lipinski definition) is 2. The molecule has 1 aliphatic rings. The van der Waals surface area contributed by atoms with E-state index in [4.69, 9.17) is 5.11 Å². The summed E-state index contributed by atoms with van der Waals surface area (Å²) in [5.74, 6) is -2.04. The number of carbonyl (C=O) groups excluding carboxylic acids is 1. The number of halogens is 3. The molecule has 0 bridgehead atoms. The third kappa shape index (κ3) is 3.21. The van der Waals surface area contributed by atoms with Crippen LogP contribution in [0.2, 0.25) is 0 Å². The second kappa shape index (κ2) is 6.10. The van der Waals surface area contributed by atoms with Crippen molar-refractivity contribution in [1.29, 1.82) is 0 Å². The monoisotopic (exact) mass is 371 g/mol. The molecule has 6 nitrogen and oxygen atoms in total. The molecule has 1 aromatic carbocycles. The number of carboxylic acids is 1. The van der Waals surface area contributed by atoms with E-state index in [1.165, 1.54) is 35.9 Å². The van der Waals surface area contributed by atoms with E-state index in [1.807, 2.05) is 0 Å². The van der Waals surface area contributed by atoms with Gasteiger partial charge >= 0.3 is 12.1 Å². The third-order valence-corrected chi connectivity index (χ3v) is 4.93. The lowest BCUT2D eigenvalue weighted by Crippen LogP contribution is -2.18. The van der Waals surface area contributed by atoms with Crippen LogP contribution in [0.3, 0.4) is 0 Å². The number of aromatic carboxylic acids is 1. The number of aromatic nitrogens is 2. The molecule has 0 saturated heterocycles. The van der Waals surface area contributed by atoms with Crippen molar-refractivity contribution in [3.8, 4) is 5.69 Å². The molecule has 2 heterocycles. The van der Waals surface area contributed by atoms with Gasteiger partial charge in [0.05, 0.1) is 22.7 Å². The number of carboxylic acid groups (broad SMARTS) is 1. The number of hydrogen-bond acceptors (Lipinski definition) is 4. The minimum atomic E-state index is -4.53. The lowest BCUT2D eigenvalue weighted by atomic mass is 10.1. The molecule has 0 spiro atoms. The van der Waals surface area contributed by atoms with Gasteiger partial charge in [-0.3, -0.25) is 4.79 Å². The number of fused-ring (bicyclic) bond motifs is 1. The molecule has 25 heavy (non-hydrogen) atoms. The number of thioether (sulfide) groups is 1. The molecule has 0 saturated carbocycles. The predicted molar refractivity (Wildman–Crippen MR) is 85.1 cm³/mol. The van der Waals surface area contributed by atoms with E-state index >= 15 is 0 Å². The summed E-state index contributed by atoms with van der Waals surface area (Å²) in [6.45, 7) is 1.44. The lowest BCUT2D eigenvalue weighted by molar-refractivity contribution is -0.129. The number of benzene rings is 1. The molecule has 0 aliphatic carbocycles. The van der Waals surface area contributed by atoms with E-state index in [-0.39, 0.29) is 28.4 Å². The van der Waals surface area contributed by atoms with Crippen LogP contribution in [0.25, 0.3) is 5.69 Å². The first kappa shape index (κ1) is 17.3. The topological polar surface area (TPSA) is 84.2 Å². The molecule has 132 valence electrons. The van der Waals surface area contributed by atoms with Crippen molar-refractivity contribution in [2.75, 3.05) is 11.1 Å². The zero-order valence-electron chi connectivity index (χ0n) is 12.8. The number of alkyl halides is 3. The fourth-order valence-corrected chi connectivity index (χ4v) is 3.60. The van der Waals surface area contributed by atoms with Gasteiger partial charge in [-0.1, -0.05) is 0 Å². The molecule has 2 aromatic rings. The molecular weight excluding hydrogens is 359 g/mol. The average molecular weight is 371 g/mol. The first-order valence-electron chi connectivity index (χ1n) is 7.10. The highest BCUT2D eigenvalue weighted by Crippen LogP contribution is 2.48. The maximum absolute atomic E-state index is 13.4. The summed E-state index contributed by atoms with van der Waals surface area (Å²) in [4.78, 5) is 22.8. The van der Waals surface area contributed by atoms with Crippen LogP contribution < -0.4 is 5.32 Å². The summed E-state index contributed by atoms with van der Waals surface area (Å²) in [6.07, 6.45) is -4.53. The first-order chi connectivity index (χ1) is 11.7. The van der Waals surface area contributed by atoms with Crippen molar-refractivity contribution >= 4 is 29.5 Å². The van der Waals surface area contributed by atoms with Crippen LogP contribution in [0.5, 0.6) is 0 Å². The Labute approximate surface area is 144 Å². The van der Waals surface area contributed by atoms with E-state index in [1.54, 1.807) is 0 Å². The average Bonchev–Trinajstić information content (AvgIpc) is 2.72. The van der Waals surface area contributed by atoms with Crippen LogP contribution in [0.1, 0.15) is 26.9 Å². The standard InChI is InChI=1S/C15H12F3N3O3S/c1-7-11-12(15(16,17)18)25-6-10(22)19-13(11)21(20-7)9-4-2-8(3-5-9)14(23)24/h2-5,12H,6H2,1H3,(H,19,22)(H,23,24)/t12-/m0/s1. The number of nitrogens with one attached hydrogen (secondary N) is 1. The van der Waals surface area contributed by atoms with Gasteiger partial charge in [0.25, 0.3) is 0 Å². The van der Waals surface area contributed by atoms with Crippen molar-refractivity contribution in [3.63, 3.8) is 0 Å². The van der Waals surface area contributed by atoms with Crippen LogP contribution in [0.15, 0.2) is 24.3 Å². The second-order valence-corrected chi connectivity index (χ2v) is 6.49. The van der Waals surface area contributed by atoms with Gasteiger partial charge in [0.2, 0.25) is 5.91 Å². The quantitative estimate of drug-likeness (QED) is 0.847. The highest BCUT2D eigenvalue weighted by Gasteiger charge is 2.46. The summed E-state index contributed by atoms with van der Waals surface area (Å²) >= 11 is 0.503. The Hall–Kier alpha value is -2.49. The predicted octanol–water partition coefficient (Wildman–Crippen LogP) is 3.17. The van der Waals surface area contributed by atoms with E-state index < -0.39 is 23.3 Å². The summed E-state index contributed by atoms with van der Waals surface area (Å²) in [6, 6.07) is 5.47. The summed E-state index contributed by atoms with van der Waals surface area (Å²) < 4.78 is 41.4. The maximum atomic E-state index is 13.4. The molecule has 2 N–H and O–H groups in total. The number of rotatable bonds is 2. The van der Waals surface area contributed by atoms with Crippen LogP contribution in [0, 0.1) is 6.92 Å². The Balaban J connectivity index is 2.14. The molecule has 1 atom stereocenters. The van der Waals surface area contributed by atoms with Crippen molar-refractivity contribution in [3.05, 3.63) is 41.1 Å². The van der Waals surface area contributed by atoms with Gasteiger partial charge in [-0.15, -0.1) is 11.8 Å². The second-order valence-electron chi connectivity index (χ2n) is 5.39. The van der Waals surface area contributed by atoms with Gasteiger partial charge in [0.15, 0.2) is 0 Å². The number of aryl methyl sites for hydroxylation is 1. The highest BCUT2D eigenvalue weighted by molar-refractivity contribution is 8.00. The SMILES string of the molecule is Cc1nn(-c2ccc(C(=O)O)cc2)c2c1[C@@H](C(F)(F)F)SCC(=O)N2. The number of carbonyl (C=O) groups is 2. The molecule has 10 heteroatoms. The van der Waals surface area contributed by atoms with Gasteiger partial charge in [-0.05, 0) is 31.2 Å². The van der Waals surface area contributed by atoms with Gasteiger partial charge in [0.1, 0.15) is 11.1 Å². The first-order valence-corrected chi connectivity index (χ1v) is 8.15. The largest absolute Gasteiger partial charge is 0.478 e. The van der Waals surface area contributed by atoms with Crippen molar-refractivity contribution in [2.24, 2.45) is 0 Å². The summed E-state index contributed by atoms with van der Waals surface area (Å²) in [7, 11) is 0. The Kier molecular flexibility index (Phi) is 4.23. The fourth-order valence-electron chi connectivity index (χ4n) is 2.57. The Morgan fingerprint density at radius 1 is 1.36 bits per heavy atom. The Bertz CT molecular complexity index is 846.